The van der Waals surface area contributed by atoms with Gasteiger partial charge in [0.1, 0.15) is 10.8 Å². The number of carbonyl (C=O) groups excluding carboxylic acids is 1. The first-order valence-electron chi connectivity index (χ1n) is 8.40. The van der Waals surface area contributed by atoms with Crippen molar-refractivity contribution in [2.24, 2.45) is 0 Å². The number of hydrogen-bond donors (Lipinski definition) is 0. The van der Waals surface area contributed by atoms with E-state index in [0.29, 0.717) is 6.54 Å². The second-order valence-electron chi connectivity index (χ2n) is 5.97. The number of carbonyl (C=O) groups is 1. The third kappa shape index (κ3) is 4.05. The van der Waals surface area contributed by atoms with Crippen LogP contribution in [0.3, 0.4) is 0 Å². The highest BCUT2D eigenvalue weighted by molar-refractivity contribution is 7.99. The molecule has 0 aliphatic heterocycles. The van der Waals surface area contributed by atoms with Crippen LogP contribution in [0.5, 0.6) is 0 Å². The van der Waals surface area contributed by atoms with Gasteiger partial charge in [0.2, 0.25) is 5.91 Å². The van der Waals surface area contributed by atoms with E-state index in [-0.39, 0.29) is 28.3 Å². The SMILES string of the molecule is CN(Cc1nc2ccccc2s1)C(=O)CSc1nnc(-c2ccccc2F)o1. The Morgan fingerprint density at radius 3 is 2.79 bits per heavy atom. The molecule has 6 nitrogen and oxygen atoms in total. The molecule has 9 heteroatoms. The number of benzene rings is 2. The highest BCUT2D eigenvalue weighted by Crippen LogP contribution is 2.26. The predicted molar refractivity (Wildman–Crippen MR) is 107 cm³/mol. The monoisotopic (exact) mass is 414 g/mol. The van der Waals surface area contributed by atoms with E-state index in [4.69, 9.17) is 4.42 Å². The topological polar surface area (TPSA) is 72.1 Å². The van der Waals surface area contributed by atoms with Crippen LogP contribution in [0, 0.1) is 5.82 Å². The molecule has 0 bridgehead atoms. The number of nitrogens with zero attached hydrogens (tertiary/aromatic N) is 4. The zero-order valence-electron chi connectivity index (χ0n) is 14.8. The molecule has 0 saturated carbocycles. The van der Waals surface area contributed by atoms with Gasteiger partial charge < -0.3 is 9.32 Å². The van der Waals surface area contributed by atoms with Crippen molar-refractivity contribution in [2.75, 3.05) is 12.8 Å². The van der Waals surface area contributed by atoms with Crippen molar-refractivity contribution >= 4 is 39.2 Å². The summed E-state index contributed by atoms with van der Waals surface area (Å²) in [4.78, 5) is 18.5. The van der Waals surface area contributed by atoms with Crippen LogP contribution in [0.4, 0.5) is 4.39 Å². The van der Waals surface area contributed by atoms with Gasteiger partial charge in [0.15, 0.2) is 0 Å². The molecule has 0 aliphatic carbocycles. The Kier molecular flexibility index (Phi) is 5.36. The van der Waals surface area contributed by atoms with Crippen molar-refractivity contribution in [3.05, 3.63) is 59.4 Å². The number of thioether (sulfide) groups is 1. The molecule has 2 aromatic heterocycles. The minimum Gasteiger partial charge on any atom is -0.411 e. The van der Waals surface area contributed by atoms with Gasteiger partial charge in [-0.15, -0.1) is 21.5 Å². The Labute approximate surface area is 168 Å². The highest BCUT2D eigenvalue weighted by atomic mass is 32.2. The largest absolute Gasteiger partial charge is 0.411 e. The summed E-state index contributed by atoms with van der Waals surface area (Å²) in [6.45, 7) is 0.434. The van der Waals surface area contributed by atoms with Crippen LogP contribution in [0.2, 0.25) is 0 Å². The third-order valence-electron chi connectivity index (χ3n) is 3.97. The van der Waals surface area contributed by atoms with E-state index in [1.807, 2.05) is 24.3 Å². The van der Waals surface area contributed by atoms with Crippen molar-refractivity contribution in [3.63, 3.8) is 0 Å². The maximum atomic E-state index is 13.8. The molecule has 2 aromatic carbocycles. The number of aromatic nitrogens is 3. The molecule has 2 heterocycles. The predicted octanol–water partition coefficient (Wildman–Crippen LogP) is 4.24. The van der Waals surface area contributed by atoms with Crippen LogP contribution in [0.15, 0.2) is 58.2 Å². The van der Waals surface area contributed by atoms with Gasteiger partial charge >= 0.3 is 0 Å². The summed E-state index contributed by atoms with van der Waals surface area (Å²) in [5.74, 6) is -0.291. The Morgan fingerprint density at radius 2 is 1.96 bits per heavy atom. The summed E-state index contributed by atoms with van der Waals surface area (Å²) in [5, 5.41) is 8.83. The van der Waals surface area contributed by atoms with Crippen molar-refractivity contribution in [1.29, 1.82) is 0 Å². The molecule has 0 fully saturated rings. The smallest absolute Gasteiger partial charge is 0.277 e. The summed E-state index contributed by atoms with van der Waals surface area (Å²) in [6, 6.07) is 14.0. The summed E-state index contributed by atoms with van der Waals surface area (Å²) < 4.78 is 20.3. The van der Waals surface area contributed by atoms with Gasteiger partial charge in [0, 0.05) is 7.05 Å². The lowest BCUT2D eigenvalue weighted by Crippen LogP contribution is -2.27. The molecule has 1 amide bonds. The zero-order chi connectivity index (χ0) is 19.5. The minimum atomic E-state index is -0.436. The number of amides is 1. The van der Waals surface area contributed by atoms with Gasteiger partial charge in [-0.05, 0) is 24.3 Å². The van der Waals surface area contributed by atoms with E-state index in [9.17, 15) is 9.18 Å². The first kappa shape index (κ1) is 18.6. The number of rotatable bonds is 6. The normalized spacial score (nSPS) is 11.1. The van der Waals surface area contributed by atoms with E-state index < -0.39 is 5.82 Å². The molecular formula is C19H15FN4O2S2. The molecule has 28 heavy (non-hydrogen) atoms. The van der Waals surface area contributed by atoms with Crippen LogP contribution < -0.4 is 0 Å². The lowest BCUT2D eigenvalue weighted by Gasteiger charge is -2.14. The van der Waals surface area contributed by atoms with Crippen LogP contribution in [-0.2, 0) is 11.3 Å². The average Bonchev–Trinajstić information content (AvgIpc) is 3.32. The van der Waals surface area contributed by atoms with Gasteiger partial charge in [-0.1, -0.05) is 36.0 Å². The Morgan fingerprint density at radius 1 is 1.18 bits per heavy atom. The molecule has 0 radical (unpaired) electrons. The van der Waals surface area contributed by atoms with Crippen molar-refractivity contribution in [2.45, 2.75) is 11.8 Å². The van der Waals surface area contributed by atoms with Crippen LogP contribution >= 0.6 is 23.1 Å². The summed E-state index contributed by atoms with van der Waals surface area (Å²) >= 11 is 2.69. The maximum Gasteiger partial charge on any atom is 0.277 e. The Bertz CT molecular complexity index is 1090. The third-order valence-corrected chi connectivity index (χ3v) is 5.79. The summed E-state index contributed by atoms with van der Waals surface area (Å²) in [6.07, 6.45) is 0. The van der Waals surface area contributed by atoms with E-state index in [1.165, 1.54) is 6.07 Å². The number of para-hydroxylation sites is 1. The van der Waals surface area contributed by atoms with Crippen LogP contribution in [0.1, 0.15) is 5.01 Å². The lowest BCUT2D eigenvalue weighted by molar-refractivity contribution is -0.127. The lowest BCUT2D eigenvalue weighted by atomic mass is 10.2. The second-order valence-corrected chi connectivity index (χ2v) is 8.01. The van der Waals surface area contributed by atoms with Crippen LogP contribution in [-0.4, -0.2) is 38.8 Å². The molecule has 0 aliphatic rings. The van der Waals surface area contributed by atoms with Gasteiger partial charge in [-0.2, -0.15) is 0 Å². The van der Waals surface area contributed by atoms with E-state index in [0.717, 1.165) is 27.0 Å². The molecule has 0 atom stereocenters. The second kappa shape index (κ2) is 8.07. The van der Waals surface area contributed by atoms with E-state index in [2.05, 4.69) is 15.2 Å². The minimum absolute atomic E-state index is 0.0881. The number of halogens is 1. The molecule has 142 valence electrons. The Hall–Kier alpha value is -2.78. The first-order chi connectivity index (χ1) is 13.6. The van der Waals surface area contributed by atoms with Gasteiger partial charge in [-0.3, -0.25) is 4.79 Å². The number of thiazole rings is 1. The van der Waals surface area contributed by atoms with Gasteiger partial charge in [-0.25, -0.2) is 9.37 Å². The van der Waals surface area contributed by atoms with Crippen molar-refractivity contribution < 1.29 is 13.6 Å². The fourth-order valence-corrected chi connectivity index (χ4v) is 4.25. The summed E-state index contributed by atoms with van der Waals surface area (Å²) in [7, 11) is 1.73. The van der Waals surface area contributed by atoms with Crippen LogP contribution in [0.25, 0.3) is 21.7 Å². The first-order valence-corrected chi connectivity index (χ1v) is 10.2. The number of hydrogen-bond acceptors (Lipinski definition) is 7. The molecule has 0 spiro atoms. The fraction of sp³-hybridized carbons (Fsp3) is 0.158. The molecule has 0 N–H and O–H groups in total. The Balaban J connectivity index is 1.35. The molecule has 4 aromatic rings. The quantitative estimate of drug-likeness (QED) is 0.440. The van der Waals surface area contributed by atoms with Gasteiger partial charge in [0.25, 0.3) is 11.1 Å². The fourth-order valence-electron chi connectivity index (χ4n) is 2.52. The highest BCUT2D eigenvalue weighted by Gasteiger charge is 2.16. The number of fused-ring (bicyclic) bond motifs is 1. The zero-order valence-corrected chi connectivity index (χ0v) is 16.5. The van der Waals surface area contributed by atoms with E-state index in [1.54, 1.807) is 41.5 Å². The van der Waals surface area contributed by atoms with E-state index >= 15 is 0 Å². The van der Waals surface area contributed by atoms with Crippen molar-refractivity contribution in [3.8, 4) is 11.5 Å². The maximum absolute atomic E-state index is 13.8. The average molecular weight is 414 g/mol. The molecule has 0 unspecified atom stereocenters. The molecule has 4 rings (SSSR count). The van der Waals surface area contributed by atoms with Crippen molar-refractivity contribution in [1.82, 2.24) is 20.1 Å². The standard InChI is InChI=1S/C19H15FN4O2S2/c1-24(10-16-21-14-8-4-5-9-15(14)28-16)17(25)11-27-19-23-22-18(26-19)12-6-2-3-7-13(12)20/h2-9H,10-11H2,1H3. The van der Waals surface area contributed by atoms with Gasteiger partial charge in [0.05, 0.1) is 28.1 Å². The molecular weight excluding hydrogens is 399 g/mol. The summed E-state index contributed by atoms with van der Waals surface area (Å²) in [5.41, 5.74) is 1.17. The molecule has 0 saturated heterocycles.